The molecule has 0 bridgehead atoms. The largest absolute Gasteiger partial charge is 0.284 e. The first-order valence-electron chi connectivity index (χ1n) is 5.50. The Bertz CT molecular complexity index is 891. The Balaban J connectivity index is 2.21. The predicted molar refractivity (Wildman–Crippen MR) is 71.5 cm³/mol. The quantitative estimate of drug-likeness (QED) is 0.729. The second kappa shape index (κ2) is 4.53. The fourth-order valence-corrected chi connectivity index (χ4v) is 3.15. The molecule has 8 heteroatoms. The highest BCUT2D eigenvalue weighted by atomic mass is 35.5. The van der Waals surface area contributed by atoms with Crippen LogP contribution in [0.15, 0.2) is 47.4 Å². The van der Waals surface area contributed by atoms with Gasteiger partial charge in [0, 0.05) is 5.02 Å². The van der Waals surface area contributed by atoms with Gasteiger partial charge in [0.05, 0.1) is 4.90 Å². The van der Waals surface area contributed by atoms with Crippen molar-refractivity contribution in [1.29, 1.82) is 0 Å². The van der Waals surface area contributed by atoms with Gasteiger partial charge in [-0.25, -0.2) is 4.39 Å². The smallest absolute Gasteiger partial charge is 0.207 e. The summed E-state index contributed by atoms with van der Waals surface area (Å²) in [6.45, 7) is 0. The van der Waals surface area contributed by atoms with E-state index in [1.807, 2.05) is 0 Å². The molecule has 0 radical (unpaired) electrons. The van der Waals surface area contributed by atoms with Gasteiger partial charge in [0.15, 0.2) is 0 Å². The average Bonchev–Trinajstić information content (AvgIpc) is 2.82. The molecule has 1 heterocycles. The van der Waals surface area contributed by atoms with Crippen molar-refractivity contribution in [2.45, 2.75) is 4.90 Å². The minimum absolute atomic E-state index is 0.0688. The average molecular weight is 312 g/mol. The number of rotatable bonds is 2. The molecule has 0 saturated carbocycles. The zero-order chi connectivity index (χ0) is 14.3. The number of hydrogen-bond donors (Lipinski definition) is 0. The number of hydrogen-bond acceptors (Lipinski definition) is 4. The summed E-state index contributed by atoms with van der Waals surface area (Å²) in [6, 6.07) is 9.07. The molecule has 0 aliphatic rings. The van der Waals surface area contributed by atoms with E-state index in [2.05, 4.69) is 10.3 Å². The van der Waals surface area contributed by atoms with Crippen LogP contribution in [0.2, 0.25) is 5.02 Å². The fraction of sp³-hybridized carbons (Fsp3) is 0. The molecule has 0 fully saturated rings. The topological polar surface area (TPSA) is 64.8 Å². The summed E-state index contributed by atoms with van der Waals surface area (Å²) in [5, 5.41) is 7.83. The number of aromatic nitrogens is 3. The van der Waals surface area contributed by atoms with E-state index in [0.29, 0.717) is 16.1 Å². The molecule has 102 valence electrons. The van der Waals surface area contributed by atoms with Crippen molar-refractivity contribution in [2.24, 2.45) is 0 Å². The van der Waals surface area contributed by atoms with Crippen LogP contribution in [0.5, 0.6) is 0 Å². The molecule has 20 heavy (non-hydrogen) atoms. The summed E-state index contributed by atoms with van der Waals surface area (Å²) in [5.74, 6) is -0.515. The van der Waals surface area contributed by atoms with Gasteiger partial charge in [0.25, 0.3) is 10.0 Å². The maximum atomic E-state index is 12.9. The Kier molecular flexibility index (Phi) is 2.95. The molecule has 2 aromatic carbocycles. The van der Waals surface area contributed by atoms with Crippen LogP contribution >= 0.6 is 11.6 Å². The molecule has 3 rings (SSSR count). The number of benzene rings is 2. The van der Waals surface area contributed by atoms with Crippen molar-refractivity contribution < 1.29 is 12.8 Å². The molecule has 5 nitrogen and oxygen atoms in total. The van der Waals surface area contributed by atoms with Gasteiger partial charge in [-0.1, -0.05) is 16.8 Å². The lowest BCUT2D eigenvalue weighted by molar-refractivity contribution is 0.578. The van der Waals surface area contributed by atoms with Crippen molar-refractivity contribution in [3.8, 4) is 0 Å². The van der Waals surface area contributed by atoms with Gasteiger partial charge >= 0.3 is 0 Å². The van der Waals surface area contributed by atoms with Gasteiger partial charge in [-0.15, -0.1) is 9.19 Å². The van der Waals surface area contributed by atoms with E-state index in [1.165, 1.54) is 24.3 Å². The van der Waals surface area contributed by atoms with Gasteiger partial charge in [-0.3, -0.25) is 0 Å². The Morgan fingerprint density at radius 3 is 2.50 bits per heavy atom. The molecular formula is C12H7ClFN3O2S. The second-order valence-electron chi connectivity index (χ2n) is 4.02. The SMILES string of the molecule is O=S(=O)(c1ccc(F)cc1)n1nnc2cc(Cl)ccc21. The van der Waals surface area contributed by atoms with Crippen LogP contribution in [-0.4, -0.2) is 22.8 Å². The van der Waals surface area contributed by atoms with Crippen molar-refractivity contribution in [3.05, 3.63) is 53.3 Å². The normalized spacial score (nSPS) is 11.9. The maximum Gasteiger partial charge on any atom is 0.284 e. The van der Waals surface area contributed by atoms with Crippen LogP contribution in [0.4, 0.5) is 4.39 Å². The summed E-state index contributed by atoms with van der Waals surface area (Å²) in [5.41, 5.74) is 0.668. The molecule has 0 atom stereocenters. The molecule has 0 spiro atoms. The van der Waals surface area contributed by atoms with Crippen molar-refractivity contribution in [1.82, 2.24) is 14.4 Å². The Morgan fingerprint density at radius 2 is 1.80 bits per heavy atom. The van der Waals surface area contributed by atoms with E-state index in [-0.39, 0.29) is 4.90 Å². The molecule has 0 amide bonds. The van der Waals surface area contributed by atoms with Crippen LogP contribution in [0.3, 0.4) is 0 Å². The third-order valence-electron chi connectivity index (χ3n) is 2.72. The van der Waals surface area contributed by atoms with E-state index in [1.54, 1.807) is 6.07 Å². The second-order valence-corrected chi connectivity index (χ2v) is 6.23. The summed E-state index contributed by atoms with van der Waals surface area (Å²) in [4.78, 5) is -0.0688. The maximum absolute atomic E-state index is 12.9. The van der Waals surface area contributed by atoms with Gasteiger partial charge in [-0.05, 0) is 42.5 Å². The Morgan fingerprint density at radius 1 is 1.10 bits per heavy atom. The first kappa shape index (κ1) is 13.0. The lowest BCUT2D eigenvalue weighted by Crippen LogP contribution is -2.14. The van der Waals surface area contributed by atoms with Crippen molar-refractivity contribution in [3.63, 3.8) is 0 Å². The van der Waals surface area contributed by atoms with Gasteiger partial charge < -0.3 is 0 Å². The minimum Gasteiger partial charge on any atom is -0.207 e. The van der Waals surface area contributed by atoms with Crippen LogP contribution in [0.1, 0.15) is 0 Å². The van der Waals surface area contributed by atoms with Crippen molar-refractivity contribution >= 4 is 32.7 Å². The van der Waals surface area contributed by atoms with Crippen molar-refractivity contribution in [2.75, 3.05) is 0 Å². The highest BCUT2D eigenvalue weighted by molar-refractivity contribution is 7.90. The Labute approximate surface area is 118 Å². The zero-order valence-corrected chi connectivity index (χ0v) is 11.4. The third-order valence-corrected chi connectivity index (χ3v) is 4.54. The van der Waals surface area contributed by atoms with E-state index in [9.17, 15) is 12.8 Å². The standard InChI is InChI=1S/C12H7ClFN3O2S/c13-8-1-6-12-11(7-8)15-16-17(12)20(18,19)10-4-2-9(14)3-5-10/h1-7H. The molecule has 0 unspecified atom stereocenters. The lowest BCUT2D eigenvalue weighted by Gasteiger charge is -2.04. The highest BCUT2D eigenvalue weighted by Crippen LogP contribution is 2.21. The first-order chi connectivity index (χ1) is 9.48. The summed E-state index contributed by atoms with van der Waals surface area (Å²) in [7, 11) is -3.92. The molecule has 1 aromatic heterocycles. The first-order valence-corrected chi connectivity index (χ1v) is 7.32. The molecular weight excluding hydrogens is 305 g/mol. The van der Waals surface area contributed by atoms with Crippen LogP contribution in [-0.2, 0) is 10.0 Å². The van der Waals surface area contributed by atoms with E-state index in [0.717, 1.165) is 16.2 Å². The fourth-order valence-electron chi connectivity index (χ4n) is 1.76. The van der Waals surface area contributed by atoms with Gasteiger partial charge in [-0.2, -0.15) is 8.42 Å². The number of fused-ring (bicyclic) bond motifs is 1. The highest BCUT2D eigenvalue weighted by Gasteiger charge is 2.21. The number of halogens is 2. The Hall–Kier alpha value is -1.99. The van der Waals surface area contributed by atoms with E-state index < -0.39 is 15.8 Å². The molecule has 0 aliphatic carbocycles. The molecule has 0 saturated heterocycles. The third kappa shape index (κ3) is 2.04. The predicted octanol–water partition coefficient (Wildman–Crippen LogP) is 2.46. The summed E-state index contributed by atoms with van der Waals surface area (Å²) < 4.78 is 38.5. The zero-order valence-electron chi connectivity index (χ0n) is 9.86. The minimum atomic E-state index is -3.92. The summed E-state index contributed by atoms with van der Waals surface area (Å²) >= 11 is 5.81. The molecule has 0 aliphatic heterocycles. The van der Waals surface area contributed by atoms with Crippen LogP contribution < -0.4 is 0 Å². The molecule has 3 aromatic rings. The summed E-state index contributed by atoms with van der Waals surface area (Å²) in [6.07, 6.45) is 0. The van der Waals surface area contributed by atoms with E-state index in [4.69, 9.17) is 11.6 Å². The van der Waals surface area contributed by atoms with Gasteiger partial charge in [0.1, 0.15) is 16.9 Å². The van der Waals surface area contributed by atoms with Gasteiger partial charge in [0.2, 0.25) is 0 Å². The monoisotopic (exact) mass is 311 g/mol. The van der Waals surface area contributed by atoms with Crippen LogP contribution in [0, 0.1) is 5.82 Å². The molecule has 0 N–H and O–H groups in total. The van der Waals surface area contributed by atoms with E-state index >= 15 is 0 Å². The van der Waals surface area contributed by atoms with Crippen LogP contribution in [0.25, 0.3) is 11.0 Å². The number of nitrogens with zero attached hydrogens (tertiary/aromatic N) is 3. The lowest BCUT2D eigenvalue weighted by atomic mass is 10.3.